The maximum absolute atomic E-state index is 8.36. The topological polar surface area (TPSA) is 107 Å². The second-order valence-corrected chi connectivity index (χ2v) is 0.105. The third-order valence-electron chi connectivity index (χ3n) is 0. The summed E-state index contributed by atoms with van der Waals surface area (Å²) in [7, 11) is 0. The van der Waals surface area contributed by atoms with Crippen LogP contribution < -0.4 is 12.3 Å². The van der Waals surface area contributed by atoms with E-state index in [2.05, 4.69) is 13.2 Å². The smallest absolute Gasteiger partial charge is 0.290 e. The van der Waals surface area contributed by atoms with E-state index in [4.69, 9.17) is 9.90 Å². The summed E-state index contributed by atoms with van der Waals surface area (Å²) in [5, 5.41) is 6.89. The van der Waals surface area contributed by atoms with Crippen LogP contribution in [0, 0.1) is 0 Å². The van der Waals surface area contributed by atoms with Crippen molar-refractivity contribution in [3.05, 3.63) is 13.2 Å². The van der Waals surface area contributed by atoms with Crippen LogP contribution >= 0.6 is 12.4 Å². The van der Waals surface area contributed by atoms with E-state index in [9.17, 15) is 0 Å². The monoisotopic (exact) mass is 144 g/mol. The molecular weight excluding hydrogens is 131 g/mol. The second-order valence-electron chi connectivity index (χ2n) is 0.105. The van der Waals surface area contributed by atoms with Crippen molar-refractivity contribution in [2.45, 2.75) is 0 Å². The molecule has 0 aliphatic rings. The van der Waals surface area contributed by atoms with Crippen LogP contribution in [0.5, 0.6) is 0 Å². The Bertz CT molecular complexity index is 29.2. The van der Waals surface area contributed by atoms with Crippen molar-refractivity contribution in [2.24, 2.45) is 0 Å². The zero-order valence-corrected chi connectivity index (χ0v) is 5.49. The van der Waals surface area contributed by atoms with E-state index in [0.717, 1.165) is 0 Å². The van der Waals surface area contributed by atoms with Gasteiger partial charge in [0.2, 0.25) is 0 Å². The molecular formula is C3H13ClN2O2. The van der Waals surface area contributed by atoms with Crippen LogP contribution in [0.3, 0.4) is 0 Å². The summed E-state index contributed by atoms with van der Waals surface area (Å²) in [5.74, 6) is 0. The van der Waals surface area contributed by atoms with Crippen LogP contribution in [-0.2, 0) is 4.79 Å². The highest BCUT2D eigenvalue weighted by atomic mass is 35.5. The average Bonchev–Trinajstić information content (AvgIpc) is 1.46. The lowest BCUT2D eigenvalue weighted by Gasteiger charge is -1.34. The van der Waals surface area contributed by atoms with Gasteiger partial charge >= 0.3 is 0 Å². The summed E-state index contributed by atoms with van der Waals surface area (Å²) < 4.78 is 0. The highest BCUT2D eigenvalue weighted by Crippen LogP contribution is 0.966. The molecule has 0 aliphatic heterocycles. The number of rotatable bonds is 0. The first-order valence-corrected chi connectivity index (χ1v) is 0.994. The molecule has 0 spiro atoms. The number of carboxylic acid groups (broad SMARTS) is 1. The summed E-state index contributed by atoms with van der Waals surface area (Å²) in [6.07, 6.45) is 0. The largest absolute Gasteiger partial charge is 0.483 e. The molecule has 0 atom stereocenters. The van der Waals surface area contributed by atoms with E-state index in [1.807, 2.05) is 0 Å². The van der Waals surface area contributed by atoms with Crippen LogP contribution in [0.15, 0.2) is 13.2 Å². The molecule has 8 heavy (non-hydrogen) atoms. The zero-order valence-electron chi connectivity index (χ0n) is 4.67. The summed E-state index contributed by atoms with van der Waals surface area (Å²) in [4.78, 5) is 8.36. The zero-order chi connectivity index (χ0) is 4.71. The molecule has 0 amide bonds. The first-order chi connectivity index (χ1) is 2.41. The van der Waals surface area contributed by atoms with E-state index in [0.29, 0.717) is 0 Å². The molecule has 0 rings (SSSR count). The van der Waals surface area contributed by atoms with Gasteiger partial charge in [0.15, 0.2) is 0 Å². The van der Waals surface area contributed by atoms with Crippen LogP contribution in [0.4, 0.5) is 0 Å². The van der Waals surface area contributed by atoms with Gasteiger partial charge < -0.3 is 17.4 Å². The van der Waals surface area contributed by atoms with Crippen molar-refractivity contribution in [2.75, 3.05) is 0 Å². The number of hydrogen-bond donors (Lipinski definition) is 3. The highest BCUT2D eigenvalue weighted by Gasteiger charge is 1.22. The van der Waals surface area contributed by atoms with Gasteiger partial charge in [0.05, 0.1) is 0 Å². The molecule has 0 radical (unpaired) electrons. The summed E-state index contributed by atoms with van der Waals surface area (Å²) in [6.45, 7) is 5.75. The molecule has 0 heterocycles. The van der Waals surface area contributed by atoms with Gasteiger partial charge in [0, 0.05) is 0 Å². The lowest BCUT2D eigenvalue weighted by atomic mass is 11.3. The van der Waals surface area contributed by atoms with Crippen molar-refractivity contribution in [1.29, 1.82) is 0 Å². The lowest BCUT2D eigenvalue weighted by molar-refractivity contribution is -0.122. The molecule has 0 bridgehead atoms. The molecule has 0 aromatic rings. The Hall–Kier alpha value is -0.580. The lowest BCUT2D eigenvalue weighted by Crippen LogP contribution is -1.49. The van der Waals surface area contributed by atoms with Crippen molar-refractivity contribution in [1.82, 2.24) is 12.3 Å². The fourth-order valence-corrected chi connectivity index (χ4v) is 0. The predicted octanol–water partition coefficient (Wildman–Crippen LogP) is 1.25. The van der Waals surface area contributed by atoms with Crippen molar-refractivity contribution >= 4 is 18.9 Å². The molecule has 4 nitrogen and oxygen atoms in total. The van der Waals surface area contributed by atoms with Gasteiger partial charge in [-0.3, -0.25) is 4.79 Å². The van der Waals surface area contributed by atoms with Gasteiger partial charge in [0.1, 0.15) is 0 Å². The Kier molecular flexibility index (Phi) is 6980. The highest BCUT2D eigenvalue weighted by molar-refractivity contribution is 5.85. The molecule has 0 aliphatic carbocycles. The van der Waals surface area contributed by atoms with E-state index in [1.165, 1.54) is 0 Å². The SMILES string of the molecule is C=C.Cl.N.N.O=CO. The molecule has 0 saturated carbocycles. The molecule has 0 aromatic heterocycles. The van der Waals surface area contributed by atoms with Gasteiger partial charge in [-0.25, -0.2) is 0 Å². The summed E-state index contributed by atoms with van der Waals surface area (Å²) in [5.41, 5.74) is 0. The molecule has 0 fully saturated rings. The summed E-state index contributed by atoms with van der Waals surface area (Å²) >= 11 is 0. The standard InChI is InChI=1S/C2H4.CH2O2.ClH.2H3N/c1-2;2-1-3;;;/h1-2H2;1H,(H,2,3);1H;2*1H3. The Labute approximate surface area is 55.2 Å². The number of carbonyl (C=O) groups is 1. The van der Waals surface area contributed by atoms with Gasteiger partial charge in [-0.1, -0.05) is 0 Å². The maximum atomic E-state index is 8.36. The Balaban J connectivity index is -0.00000000567. The second kappa shape index (κ2) is 1070. The van der Waals surface area contributed by atoms with Gasteiger partial charge in [0.25, 0.3) is 6.47 Å². The Morgan fingerprint density at radius 3 is 1.25 bits per heavy atom. The molecule has 5 heteroatoms. The Morgan fingerprint density at radius 1 is 1.25 bits per heavy atom. The van der Waals surface area contributed by atoms with Crippen LogP contribution in [0.1, 0.15) is 0 Å². The fourth-order valence-electron chi connectivity index (χ4n) is 0. The van der Waals surface area contributed by atoms with Gasteiger partial charge in [-0.15, -0.1) is 25.6 Å². The average molecular weight is 145 g/mol. The molecule has 54 valence electrons. The minimum absolute atomic E-state index is 0. The van der Waals surface area contributed by atoms with Gasteiger partial charge in [-0.2, -0.15) is 0 Å². The van der Waals surface area contributed by atoms with Crippen LogP contribution in [0.25, 0.3) is 0 Å². The van der Waals surface area contributed by atoms with Gasteiger partial charge in [-0.05, 0) is 0 Å². The fraction of sp³-hybridized carbons (Fsp3) is 0. The maximum Gasteiger partial charge on any atom is 0.290 e. The number of halogens is 1. The van der Waals surface area contributed by atoms with Crippen molar-refractivity contribution < 1.29 is 9.90 Å². The molecule has 0 unspecified atom stereocenters. The first kappa shape index (κ1) is 52.2. The van der Waals surface area contributed by atoms with Crippen molar-refractivity contribution in [3.63, 3.8) is 0 Å². The van der Waals surface area contributed by atoms with E-state index in [-0.39, 0.29) is 31.2 Å². The molecule has 0 aromatic carbocycles. The van der Waals surface area contributed by atoms with Crippen LogP contribution in [0.2, 0.25) is 0 Å². The third-order valence-corrected chi connectivity index (χ3v) is 0. The van der Waals surface area contributed by atoms with E-state index < -0.39 is 0 Å². The van der Waals surface area contributed by atoms with Crippen LogP contribution in [-0.4, -0.2) is 11.6 Å². The van der Waals surface area contributed by atoms with E-state index >= 15 is 0 Å². The predicted molar refractivity (Wildman–Crippen MR) is 37.2 cm³/mol. The summed E-state index contributed by atoms with van der Waals surface area (Å²) in [6, 6.07) is 0. The third kappa shape index (κ3) is 315. The quantitative estimate of drug-likeness (QED) is 0.351. The van der Waals surface area contributed by atoms with Crippen molar-refractivity contribution in [3.8, 4) is 0 Å². The first-order valence-electron chi connectivity index (χ1n) is 0.994. The normalized spacial score (nSPS) is 2.00. The molecule has 0 saturated heterocycles. The minimum atomic E-state index is -0.250. The van der Waals surface area contributed by atoms with E-state index in [1.54, 1.807) is 0 Å². The minimum Gasteiger partial charge on any atom is -0.483 e. The molecule has 7 N–H and O–H groups in total. The number of hydrogen-bond acceptors (Lipinski definition) is 3. The Morgan fingerprint density at radius 2 is 1.25 bits per heavy atom.